The Morgan fingerprint density at radius 3 is 0.727 bits per heavy atom. The van der Waals surface area contributed by atoms with Crippen LogP contribution in [0.15, 0.2) is 13.2 Å². The van der Waals surface area contributed by atoms with E-state index >= 15 is 0 Å². The van der Waals surface area contributed by atoms with Gasteiger partial charge < -0.3 is 15.3 Å². The van der Waals surface area contributed by atoms with Crippen LogP contribution in [0.4, 0.5) is 0 Å². The fraction of sp³-hybridized carbons (Fsp3) is 0.750. The molecule has 72 valence electrons. The summed E-state index contributed by atoms with van der Waals surface area (Å²) in [7, 11) is 0. The second-order valence-electron chi connectivity index (χ2n) is 0.949. The van der Waals surface area contributed by atoms with Crippen molar-refractivity contribution in [2.75, 3.05) is 19.8 Å². The zero-order valence-electron chi connectivity index (χ0n) is 7.88. The fourth-order valence-electron chi connectivity index (χ4n) is 0. The van der Waals surface area contributed by atoms with Gasteiger partial charge in [0.1, 0.15) is 0 Å². The van der Waals surface area contributed by atoms with Gasteiger partial charge in [-0.15, -0.1) is 13.2 Å². The van der Waals surface area contributed by atoms with Gasteiger partial charge in [-0.3, -0.25) is 0 Å². The summed E-state index contributed by atoms with van der Waals surface area (Å²) in [5, 5.41) is 22.7. The second kappa shape index (κ2) is 104. The van der Waals surface area contributed by atoms with Crippen molar-refractivity contribution in [3.05, 3.63) is 13.2 Å². The monoisotopic (exact) mass is 166 g/mol. The molecule has 0 aromatic heterocycles. The number of hydrogen-bond donors (Lipinski definition) is 3. The molecule has 0 saturated heterocycles. The first-order valence-corrected chi connectivity index (χ1v) is 3.57. The smallest absolute Gasteiger partial charge is 0.0402 e. The summed E-state index contributed by atoms with van der Waals surface area (Å²) in [6, 6.07) is 0. The van der Waals surface area contributed by atoms with Gasteiger partial charge in [-0.25, -0.2) is 0 Å². The molecule has 11 heavy (non-hydrogen) atoms. The molecule has 0 bridgehead atoms. The lowest BCUT2D eigenvalue weighted by Gasteiger charge is -1.52. The summed E-state index contributed by atoms with van der Waals surface area (Å²) in [5.41, 5.74) is 0. The Morgan fingerprint density at radius 1 is 0.727 bits per heavy atom. The molecule has 0 aromatic rings. The van der Waals surface area contributed by atoms with Crippen molar-refractivity contribution in [2.45, 2.75) is 20.8 Å². The summed E-state index contributed by atoms with van der Waals surface area (Å²) in [5.74, 6) is 0. The molecule has 3 nitrogen and oxygen atoms in total. The highest BCUT2D eigenvalue weighted by Crippen LogP contribution is 1.30. The molecule has 0 aliphatic heterocycles. The van der Waals surface area contributed by atoms with Crippen LogP contribution in [0.5, 0.6) is 0 Å². The minimum absolute atomic E-state index is 0.250. The molecule has 0 aliphatic rings. The summed E-state index contributed by atoms with van der Waals surface area (Å²) < 4.78 is 0. The molecule has 0 aromatic carbocycles. The van der Waals surface area contributed by atoms with E-state index in [1.807, 2.05) is 0 Å². The van der Waals surface area contributed by atoms with Crippen LogP contribution in [0.2, 0.25) is 0 Å². The molecular formula is C8H22O3. The third-order valence-corrected chi connectivity index (χ3v) is 0. The summed E-state index contributed by atoms with van der Waals surface area (Å²) in [6.07, 6.45) is 0. The van der Waals surface area contributed by atoms with E-state index in [0.717, 1.165) is 0 Å². The molecule has 0 rings (SSSR count). The first-order chi connectivity index (χ1) is 5.24. The number of aliphatic hydroxyl groups excluding tert-OH is 3. The first-order valence-electron chi connectivity index (χ1n) is 3.57. The summed E-state index contributed by atoms with van der Waals surface area (Å²) in [4.78, 5) is 0. The van der Waals surface area contributed by atoms with E-state index in [-0.39, 0.29) is 19.8 Å². The lowest BCUT2D eigenvalue weighted by Crippen LogP contribution is -1.57. The molecule has 3 heteroatoms. The van der Waals surface area contributed by atoms with E-state index in [1.165, 1.54) is 0 Å². The zero-order valence-corrected chi connectivity index (χ0v) is 7.88. The maximum Gasteiger partial charge on any atom is 0.0402 e. The van der Waals surface area contributed by atoms with Crippen LogP contribution in [-0.4, -0.2) is 35.1 Å². The molecule has 0 fully saturated rings. The van der Waals surface area contributed by atoms with Crippen LogP contribution in [0, 0.1) is 0 Å². The van der Waals surface area contributed by atoms with Gasteiger partial charge in [0.05, 0.1) is 0 Å². The molecule has 0 amide bonds. The van der Waals surface area contributed by atoms with Crippen molar-refractivity contribution in [3.8, 4) is 0 Å². The third-order valence-electron chi connectivity index (χ3n) is 0. The van der Waals surface area contributed by atoms with Gasteiger partial charge in [0, 0.05) is 19.8 Å². The first kappa shape index (κ1) is 22.4. The zero-order chi connectivity index (χ0) is 10.1. The summed E-state index contributed by atoms with van der Waals surface area (Å²) >= 11 is 0. The van der Waals surface area contributed by atoms with Crippen molar-refractivity contribution in [3.63, 3.8) is 0 Å². The number of aliphatic hydroxyl groups is 3. The minimum Gasteiger partial charge on any atom is -0.397 e. The fourth-order valence-corrected chi connectivity index (χ4v) is 0. The van der Waals surface area contributed by atoms with Crippen LogP contribution in [-0.2, 0) is 0 Å². The molecule has 0 aliphatic carbocycles. The molecule has 0 spiro atoms. The van der Waals surface area contributed by atoms with Crippen LogP contribution in [0.25, 0.3) is 0 Å². The number of hydrogen-bond acceptors (Lipinski definition) is 3. The molecule has 3 N–H and O–H groups in total. The average molecular weight is 166 g/mol. The highest BCUT2D eigenvalue weighted by Gasteiger charge is 1.35. The lowest BCUT2D eigenvalue weighted by molar-refractivity contribution is 0.318. The van der Waals surface area contributed by atoms with Crippen molar-refractivity contribution in [1.82, 2.24) is 0 Å². The Labute approximate surface area is 70.0 Å². The van der Waals surface area contributed by atoms with Crippen molar-refractivity contribution in [1.29, 1.82) is 0 Å². The van der Waals surface area contributed by atoms with Gasteiger partial charge >= 0.3 is 0 Å². The van der Waals surface area contributed by atoms with Gasteiger partial charge in [0.25, 0.3) is 0 Å². The van der Waals surface area contributed by atoms with Gasteiger partial charge in [-0.1, -0.05) is 0 Å². The van der Waals surface area contributed by atoms with E-state index in [1.54, 1.807) is 20.8 Å². The maximum absolute atomic E-state index is 7.57. The Morgan fingerprint density at radius 2 is 0.727 bits per heavy atom. The van der Waals surface area contributed by atoms with E-state index in [9.17, 15) is 0 Å². The molecule has 0 radical (unpaired) electrons. The largest absolute Gasteiger partial charge is 0.397 e. The van der Waals surface area contributed by atoms with Crippen molar-refractivity contribution >= 4 is 0 Å². The van der Waals surface area contributed by atoms with Crippen molar-refractivity contribution < 1.29 is 15.3 Å². The minimum atomic E-state index is 0.250. The standard InChI is InChI=1S/3C2H6O.C2H4/c3*1-2-3;1-2/h3*3H,2H2,1H3;1-2H2. The van der Waals surface area contributed by atoms with Gasteiger partial charge in [0.2, 0.25) is 0 Å². The van der Waals surface area contributed by atoms with Crippen LogP contribution in [0.3, 0.4) is 0 Å². The highest BCUT2D eigenvalue weighted by molar-refractivity contribution is 4.22. The molecular weight excluding hydrogens is 144 g/mol. The maximum atomic E-state index is 7.57. The van der Waals surface area contributed by atoms with Crippen LogP contribution < -0.4 is 0 Å². The van der Waals surface area contributed by atoms with E-state index in [0.29, 0.717) is 0 Å². The lowest BCUT2D eigenvalue weighted by atomic mass is 10.9. The highest BCUT2D eigenvalue weighted by atomic mass is 16.3. The topological polar surface area (TPSA) is 60.7 Å². The van der Waals surface area contributed by atoms with Crippen LogP contribution in [0.1, 0.15) is 20.8 Å². The Bertz CT molecular complexity index is 20.5. The molecule has 0 heterocycles. The molecule has 0 atom stereocenters. The van der Waals surface area contributed by atoms with Gasteiger partial charge in [-0.2, -0.15) is 0 Å². The molecule has 0 unspecified atom stereocenters. The average Bonchev–Trinajstić information content (AvgIpc) is 1.96. The normalized spacial score (nSPS) is 5.27. The van der Waals surface area contributed by atoms with Gasteiger partial charge in [-0.05, 0) is 20.8 Å². The van der Waals surface area contributed by atoms with E-state index in [4.69, 9.17) is 15.3 Å². The summed E-state index contributed by atoms with van der Waals surface area (Å²) in [6.45, 7) is 11.8. The Kier molecular flexibility index (Phi) is 212. The molecule has 0 saturated carbocycles. The van der Waals surface area contributed by atoms with Gasteiger partial charge in [0.15, 0.2) is 0 Å². The second-order valence-corrected chi connectivity index (χ2v) is 0.949. The van der Waals surface area contributed by atoms with Crippen molar-refractivity contribution in [2.24, 2.45) is 0 Å². The van der Waals surface area contributed by atoms with E-state index in [2.05, 4.69) is 13.2 Å². The number of rotatable bonds is 0. The van der Waals surface area contributed by atoms with Crippen LogP contribution >= 0.6 is 0 Å². The Hall–Kier alpha value is -0.380. The Balaban J connectivity index is -0.0000000301. The van der Waals surface area contributed by atoms with E-state index < -0.39 is 0 Å². The SMILES string of the molecule is C=C.CCO.CCO.CCO. The predicted octanol–water partition coefficient (Wildman–Crippen LogP) is 0.798. The predicted molar refractivity (Wildman–Crippen MR) is 49.5 cm³/mol. The quantitative estimate of drug-likeness (QED) is 0.466. The third kappa shape index (κ3) is 3870.